The fourth-order valence-corrected chi connectivity index (χ4v) is 1.89. The summed E-state index contributed by atoms with van der Waals surface area (Å²) in [6, 6.07) is 0.00303. The Labute approximate surface area is 92.6 Å². The second-order valence-corrected chi connectivity index (χ2v) is 4.69. The number of urea groups is 1. The minimum atomic E-state index is 0.00303. The maximum Gasteiger partial charge on any atom is 0.316 e. The third-order valence-electron chi connectivity index (χ3n) is 2.78. The van der Waals surface area contributed by atoms with Gasteiger partial charge in [0.25, 0.3) is 0 Å². The molecule has 4 nitrogen and oxygen atoms in total. The van der Waals surface area contributed by atoms with Gasteiger partial charge in [0.15, 0.2) is 0 Å². The van der Waals surface area contributed by atoms with Crippen molar-refractivity contribution < 1.29 is 4.79 Å². The van der Waals surface area contributed by atoms with Crippen LogP contribution in [-0.4, -0.2) is 56.1 Å². The summed E-state index contributed by atoms with van der Waals surface area (Å²) in [7, 11) is 3.53. The van der Waals surface area contributed by atoms with Crippen molar-refractivity contribution in [1.82, 2.24) is 15.1 Å². The lowest BCUT2D eigenvalue weighted by atomic mass is 10.1. The molecule has 88 valence electrons. The van der Waals surface area contributed by atoms with Crippen molar-refractivity contribution in [1.29, 1.82) is 0 Å². The number of nitrogens with one attached hydrogen (secondary N) is 1. The number of carbonyl (C=O) groups is 1. The summed E-state index contributed by atoms with van der Waals surface area (Å²) in [4.78, 5) is 15.3. The lowest BCUT2D eigenvalue weighted by molar-refractivity contribution is 0.212. The highest BCUT2D eigenvalue weighted by Crippen LogP contribution is 2.09. The van der Waals surface area contributed by atoms with E-state index >= 15 is 0 Å². The molecule has 1 fully saturated rings. The number of nitrogens with zero attached hydrogens (tertiary/aromatic N) is 2. The monoisotopic (exact) mass is 213 g/mol. The van der Waals surface area contributed by atoms with Crippen LogP contribution in [0.1, 0.15) is 19.8 Å². The van der Waals surface area contributed by atoms with Gasteiger partial charge in [-0.15, -0.1) is 0 Å². The van der Waals surface area contributed by atoms with Gasteiger partial charge in [0.1, 0.15) is 0 Å². The highest BCUT2D eigenvalue weighted by Gasteiger charge is 2.15. The maximum atomic E-state index is 11.3. The quantitative estimate of drug-likeness (QED) is 0.756. The summed E-state index contributed by atoms with van der Waals surface area (Å²) in [6.45, 7) is 6.52. The van der Waals surface area contributed by atoms with Crippen molar-refractivity contribution in [3.63, 3.8) is 0 Å². The van der Waals surface area contributed by atoms with Gasteiger partial charge < -0.3 is 15.1 Å². The Morgan fingerprint density at radius 3 is 2.53 bits per heavy atom. The largest absolute Gasteiger partial charge is 0.338 e. The van der Waals surface area contributed by atoms with E-state index in [1.54, 1.807) is 19.0 Å². The summed E-state index contributed by atoms with van der Waals surface area (Å²) >= 11 is 0. The van der Waals surface area contributed by atoms with Crippen LogP contribution in [0.25, 0.3) is 0 Å². The van der Waals surface area contributed by atoms with Crippen LogP contribution in [-0.2, 0) is 0 Å². The highest BCUT2D eigenvalue weighted by atomic mass is 16.2. The van der Waals surface area contributed by atoms with Gasteiger partial charge in [-0.2, -0.15) is 0 Å². The van der Waals surface area contributed by atoms with Crippen LogP contribution in [0.3, 0.4) is 0 Å². The Kier molecular flexibility index (Phi) is 4.88. The van der Waals surface area contributed by atoms with E-state index in [2.05, 4.69) is 17.1 Å². The van der Waals surface area contributed by atoms with E-state index < -0.39 is 0 Å². The van der Waals surface area contributed by atoms with Crippen LogP contribution in [0.5, 0.6) is 0 Å². The zero-order chi connectivity index (χ0) is 11.3. The minimum Gasteiger partial charge on any atom is -0.338 e. The first-order valence-electron chi connectivity index (χ1n) is 5.77. The average Bonchev–Trinajstić information content (AvgIpc) is 2.66. The molecule has 0 aromatic carbocycles. The van der Waals surface area contributed by atoms with Crippen molar-refractivity contribution in [2.45, 2.75) is 19.8 Å². The van der Waals surface area contributed by atoms with Crippen molar-refractivity contribution in [2.75, 3.05) is 40.3 Å². The third-order valence-corrected chi connectivity index (χ3v) is 2.78. The van der Waals surface area contributed by atoms with E-state index in [4.69, 9.17) is 0 Å². The van der Waals surface area contributed by atoms with Crippen LogP contribution >= 0.6 is 0 Å². The molecule has 1 heterocycles. The van der Waals surface area contributed by atoms with Gasteiger partial charge in [-0.25, -0.2) is 4.79 Å². The zero-order valence-corrected chi connectivity index (χ0v) is 10.1. The number of amides is 2. The standard InChI is InChI=1S/C11H23N3O/c1-10(8-12-11(15)13(2)3)9-14-6-4-5-7-14/h10H,4-9H2,1-3H3,(H,12,15). The number of likely N-dealkylation sites (tertiary alicyclic amines) is 1. The van der Waals surface area contributed by atoms with Crippen molar-refractivity contribution in [2.24, 2.45) is 5.92 Å². The Bertz CT molecular complexity index is 200. The third kappa shape index (κ3) is 4.51. The van der Waals surface area contributed by atoms with Gasteiger partial charge in [-0.1, -0.05) is 6.92 Å². The molecular weight excluding hydrogens is 190 g/mol. The van der Waals surface area contributed by atoms with E-state index in [0.717, 1.165) is 13.1 Å². The molecule has 0 aromatic rings. The van der Waals surface area contributed by atoms with Crippen LogP contribution in [0, 0.1) is 5.92 Å². The molecule has 1 aliphatic heterocycles. The molecule has 4 heteroatoms. The molecule has 1 unspecified atom stereocenters. The molecule has 1 saturated heterocycles. The summed E-state index contributed by atoms with van der Waals surface area (Å²) in [6.07, 6.45) is 2.66. The normalized spacial score (nSPS) is 18.9. The molecule has 0 radical (unpaired) electrons. The molecule has 1 N–H and O–H groups in total. The van der Waals surface area contributed by atoms with E-state index in [9.17, 15) is 4.79 Å². The molecule has 0 aromatic heterocycles. The first-order valence-corrected chi connectivity index (χ1v) is 5.77. The molecule has 0 aliphatic carbocycles. The second-order valence-electron chi connectivity index (χ2n) is 4.69. The first kappa shape index (κ1) is 12.3. The van der Waals surface area contributed by atoms with Gasteiger partial charge in [-0.3, -0.25) is 0 Å². The van der Waals surface area contributed by atoms with Gasteiger partial charge in [0.05, 0.1) is 0 Å². The van der Waals surface area contributed by atoms with Gasteiger partial charge in [0.2, 0.25) is 0 Å². The van der Waals surface area contributed by atoms with Crippen molar-refractivity contribution in [3.05, 3.63) is 0 Å². The summed E-state index contributed by atoms with van der Waals surface area (Å²) in [5, 5.41) is 2.92. The maximum absolute atomic E-state index is 11.3. The molecular formula is C11H23N3O. The molecule has 1 aliphatic rings. The van der Waals surface area contributed by atoms with E-state index in [-0.39, 0.29) is 6.03 Å². The number of carbonyl (C=O) groups excluding carboxylic acids is 1. The van der Waals surface area contributed by atoms with Crippen LogP contribution in [0.4, 0.5) is 4.79 Å². The number of rotatable bonds is 4. The van der Waals surface area contributed by atoms with Gasteiger partial charge in [-0.05, 0) is 31.8 Å². The molecule has 0 saturated carbocycles. The zero-order valence-electron chi connectivity index (χ0n) is 10.1. The topological polar surface area (TPSA) is 35.6 Å². The fraction of sp³-hybridized carbons (Fsp3) is 0.909. The van der Waals surface area contributed by atoms with Crippen molar-refractivity contribution >= 4 is 6.03 Å². The van der Waals surface area contributed by atoms with E-state index in [0.29, 0.717) is 5.92 Å². The van der Waals surface area contributed by atoms with E-state index in [1.165, 1.54) is 25.9 Å². The molecule has 1 atom stereocenters. The van der Waals surface area contributed by atoms with Gasteiger partial charge >= 0.3 is 6.03 Å². The molecule has 2 amide bonds. The molecule has 0 bridgehead atoms. The molecule has 15 heavy (non-hydrogen) atoms. The highest BCUT2D eigenvalue weighted by molar-refractivity contribution is 5.73. The Balaban J connectivity index is 2.12. The summed E-state index contributed by atoms with van der Waals surface area (Å²) in [5.74, 6) is 0.534. The van der Waals surface area contributed by atoms with Gasteiger partial charge in [0, 0.05) is 27.2 Å². The minimum absolute atomic E-state index is 0.00303. The Morgan fingerprint density at radius 1 is 1.40 bits per heavy atom. The predicted molar refractivity (Wildman–Crippen MR) is 61.9 cm³/mol. The predicted octanol–water partition coefficient (Wildman–Crippen LogP) is 0.990. The lowest BCUT2D eigenvalue weighted by Crippen LogP contribution is -2.39. The van der Waals surface area contributed by atoms with Crippen LogP contribution in [0.15, 0.2) is 0 Å². The van der Waals surface area contributed by atoms with Crippen LogP contribution < -0.4 is 5.32 Å². The smallest absolute Gasteiger partial charge is 0.316 e. The number of hydrogen-bond donors (Lipinski definition) is 1. The molecule has 1 rings (SSSR count). The lowest BCUT2D eigenvalue weighted by Gasteiger charge is -2.21. The van der Waals surface area contributed by atoms with Crippen LogP contribution in [0.2, 0.25) is 0 Å². The SMILES string of the molecule is CC(CNC(=O)N(C)C)CN1CCCC1. The average molecular weight is 213 g/mol. The summed E-state index contributed by atoms with van der Waals surface area (Å²) in [5.41, 5.74) is 0. The Hall–Kier alpha value is -0.770. The fourth-order valence-electron chi connectivity index (χ4n) is 1.89. The molecule has 0 spiro atoms. The first-order chi connectivity index (χ1) is 7.09. The summed E-state index contributed by atoms with van der Waals surface area (Å²) < 4.78 is 0. The second kappa shape index (κ2) is 5.95. The number of hydrogen-bond acceptors (Lipinski definition) is 2. The van der Waals surface area contributed by atoms with E-state index in [1.807, 2.05) is 0 Å². The Morgan fingerprint density at radius 2 is 2.00 bits per heavy atom. The van der Waals surface area contributed by atoms with Crippen molar-refractivity contribution in [3.8, 4) is 0 Å².